The van der Waals surface area contributed by atoms with Crippen LogP contribution in [-0.4, -0.2) is 41.3 Å². The molecule has 0 amide bonds. The van der Waals surface area contributed by atoms with E-state index >= 15 is 0 Å². The number of benzene rings is 1. The van der Waals surface area contributed by atoms with Crippen LogP contribution in [0.15, 0.2) is 18.3 Å². The van der Waals surface area contributed by atoms with Gasteiger partial charge >= 0.3 is 0 Å². The molecular weight excluding hydrogens is 250 g/mol. The SMILES string of the molecule is Cc1c(OC2CCCC(N(C)C)C2)ccc2[nH]ncc12. The molecule has 0 saturated heterocycles. The van der Waals surface area contributed by atoms with E-state index in [-0.39, 0.29) is 0 Å². The minimum Gasteiger partial charge on any atom is -0.490 e. The lowest BCUT2D eigenvalue weighted by Crippen LogP contribution is -2.37. The van der Waals surface area contributed by atoms with Gasteiger partial charge in [0.15, 0.2) is 0 Å². The Morgan fingerprint density at radius 2 is 2.15 bits per heavy atom. The second-order valence-corrected chi connectivity index (χ2v) is 6.04. The molecule has 1 aliphatic rings. The van der Waals surface area contributed by atoms with E-state index in [1.807, 2.05) is 6.20 Å². The molecule has 108 valence electrons. The summed E-state index contributed by atoms with van der Waals surface area (Å²) in [4.78, 5) is 2.32. The molecule has 0 spiro atoms. The van der Waals surface area contributed by atoms with Crippen molar-refractivity contribution in [2.75, 3.05) is 14.1 Å². The van der Waals surface area contributed by atoms with Gasteiger partial charge in [-0.15, -0.1) is 0 Å². The molecule has 1 fully saturated rings. The molecule has 20 heavy (non-hydrogen) atoms. The number of aromatic nitrogens is 2. The molecule has 2 atom stereocenters. The van der Waals surface area contributed by atoms with Crippen LogP contribution in [0.25, 0.3) is 10.9 Å². The number of fused-ring (bicyclic) bond motifs is 1. The van der Waals surface area contributed by atoms with Gasteiger partial charge in [-0.3, -0.25) is 5.10 Å². The predicted molar refractivity (Wildman–Crippen MR) is 81.2 cm³/mol. The number of H-pyrrole nitrogens is 1. The largest absolute Gasteiger partial charge is 0.490 e. The topological polar surface area (TPSA) is 41.1 Å². The van der Waals surface area contributed by atoms with Gasteiger partial charge in [-0.25, -0.2) is 0 Å². The van der Waals surface area contributed by atoms with Crippen LogP contribution in [0.4, 0.5) is 0 Å². The van der Waals surface area contributed by atoms with E-state index in [2.05, 4.69) is 48.2 Å². The standard InChI is InChI=1S/C16H23N3O/c1-11-14-10-17-18-15(14)7-8-16(11)20-13-6-4-5-12(9-13)19(2)3/h7-8,10,12-13H,4-6,9H2,1-3H3,(H,17,18). The van der Waals surface area contributed by atoms with Crippen molar-refractivity contribution in [3.63, 3.8) is 0 Å². The number of hydrogen-bond acceptors (Lipinski definition) is 3. The lowest BCUT2D eigenvalue weighted by atomic mass is 9.92. The summed E-state index contributed by atoms with van der Waals surface area (Å²) in [6, 6.07) is 4.76. The van der Waals surface area contributed by atoms with Crippen LogP contribution in [0.3, 0.4) is 0 Å². The van der Waals surface area contributed by atoms with Gasteiger partial charge in [-0.1, -0.05) is 0 Å². The maximum Gasteiger partial charge on any atom is 0.123 e. The summed E-state index contributed by atoms with van der Waals surface area (Å²) in [6.45, 7) is 2.11. The van der Waals surface area contributed by atoms with Gasteiger partial charge in [0.2, 0.25) is 0 Å². The van der Waals surface area contributed by atoms with E-state index in [0.29, 0.717) is 12.1 Å². The normalized spacial score (nSPS) is 23.4. The van der Waals surface area contributed by atoms with Gasteiger partial charge in [0.05, 0.1) is 11.7 Å². The van der Waals surface area contributed by atoms with Crippen molar-refractivity contribution in [1.29, 1.82) is 0 Å². The molecule has 4 heteroatoms. The smallest absolute Gasteiger partial charge is 0.123 e. The number of hydrogen-bond donors (Lipinski definition) is 1. The van der Waals surface area contributed by atoms with E-state index in [1.54, 1.807) is 0 Å². The quantitative estimate of drug-likeness (QED) is 0.934. The molecule has 0 bridgehead atoms. The van der Waals surface area contributed by atoms with Crippen molar-refractivity contribution in [1.82, 2.24) is 15.1 Å². The summed E-state index contributed by atoms with van der Waals surface area (Å²) in [6.07, 6.45) is 7.02. The first-order valence-electron chi connectivity index (χ1n) is 7.41. The fourth-order valence-corrected chi connectivity index (χ4v) is 3.14. The van der Waals surface area contributed by atoms with E-state index < -0.39 is 0 Å². The van der Waals surface area contributed by atoms with Gasteiger partial charge in [-0.05, 0) is 58.8 Å². The third kappa shape index (κ3) is 2.52. The average Bonchev–Trinajstić information content (AvgIpc) is 2.91. The van der Waals surface area contributed by atoms with Crippen molar-refractivity contribution >= 4 is 10.9 Å². The first-order chi connectivity index (χ1) is 9.65. The third-order valence-electron chi connectivity index (χ3n) is 4.47. The molecule has 4 nitrogen and oxygen atoms in total. The van der Waals surface area contributed by atoms with Crippen molar-refractivity contribution in [3.8, 4) is 5.75 Å². The molecular formula is C16H23N3O. The maximum absolute atomic E-state index is 6.28. The highest BCUT2D eigenvalue weighted by molar-refractivity contribution is 5.83. The Balaban J connectivity index is 1.77. The van der Waals surface area contributed by atoms with Gasteiger partial charge in [0.1, 0.15) is 11.9 Å². The van der Waals surface area contributed by atoms with E-state index in [0.717, 1.165) is 29.5 Å². The van der Waals surface area contributed by atoms with Crippen LogP contribution >= 0.6 is 0 Å². The number of aryl methyl sites for hydroxylation is 1. The molecule has 1 aliphatic carbocycles. The van der Waals surface area contributed by atoms with Crippen LogP contribution < -0.4 is 4.74 Å². The van der Waals surface area contributed by atoms with Gasteiger partial charge < -0.3 is 9.64 Å². The van der Waals surface area contributed by atoms with E-state index in [4.69, 9.17) is 4.74 Å². The fraction of sp³-hybridized carbons (Fsp3) is 0.562. The number of nitrogens with one attached hydrogen (secondary N) is 1. The molecule has 3 rings (SSSR count). The third-order valence-corrected chi connectivity index (χ3v) is 4.47. The monoisotopic (exact) mass is 273 g/mol. The predicted octanol–water partition coefficient (Wildman–Crippen LogP) is 3.12. The summed E-state index contributed by atoms with van der Waals surface area (Å²) >= 11 is 0. The van der Waals surface area contributed by atoms with Crippen molar-refractivity contribution < 1.29 is 4.74 Å². The average molecular weight is 273 g/mol. The number of ether oxygens (including phenoxy) is 1. The Bertz CT molecular complexity index is 590. The second kappa shape index (κ2) is 5.44. The Hall–Kier alpha value is -1.55. The van der Waals surface area contributed by atoms with E-state index in [9.17, 15) is 0 Å². The second-order valence-electron chi connectivity index (χ2n) is 6.04. The zero-order valence-electron chi connectivity index (χ0n) is 12.5. The Morgan fingerprint density at radius 3 is 2.95 bits per heavy atom. The van der Waals surface area contributed by atoms with Crippen molar-refractivity contribution in [2.24, 2.45) is 0 Å². The molecule has 2 unspecified atom stereocenters. The van der Waals surface area contributed by atoms with Crippen LogP contribution in [0.2, 0.25) is 0 Å². The highest BCUT2D eigenvalue weighted by Crippen LogP contribution is 2.30. The lowest BCUT2D eigenvalue weighted by Gasteiger charge is -2.33. The molecule has 1 aromatic heterocycles. The summed E-state index contributed by atoms with van der Waals surface area (Å²) < 4.78 is 6.28. The van der Waals surface area contributed by atoms with Gasteiger partial charge in [-0.2, -0.15) is 5.10 Å². The highest BCUT2D eigenvalue weighted by atomic mass is 16.5. The van der Waals surface area contributed by atoms with E-state index in [1.165, 1.54) is 18.4 Å². The molecule has 1 N–H and O–H groups in total. The molecule has 1 aromatic carbocycles. The van der Waals surface area contributed by atoms with Crippen LogP contribution in [0.1, 0.15) is 31.2 Å². The summed E-state index contributed by atoms with van der Waals surface area (Å²) in [5.74, 6) is 1.00. The molecule has 2 aromatic rings. The zero-order chi connectivity index (χ0) is 14.1. The summed E-state index contributed by atoms with van der Waals surface area (Å²) in [5, 5.41) is 8.25. The highest BCUT2D eigenvalue weighted by Gasteiger charge is 2.25. The zero-order valence-corrected chi connectivity index (χ0v) is 12.5. The summed E-state index contributed by atoms with van der Waals surface area (Å²) in [7, 11) is 4.33. The van der Waals surface area contributed by atoms with Gasteiger partial charge in [0, 0.05) is 17.0 Å². The van der Waals surface area contributed by atoms with Crippen LogP contribution in [0, 0.1) is 6.92 Å². The minimum atomic E-state index is 0.333. The first kappa shape index (κ1) is 13.4. The lowest BCUT2D eigenvalue weighted by molar-refractivity contribution is 0.0998. The molecule has 1 heterocycles. The van der Waals surface area contributed by atoms with Crippen molar-refractivity contribution in [2.45, 2.75) is 44.8 Å². The summed E-state index contributed by atoms with van der Waals surface area (Å²) in [5.41, 5.74) is 2.26. The Kier molecular flexibility index (Phi) is 3.66. The maximum atomic E-state index is 6.28. The van der Waals surface area contributed by atoms with Crippen molar-refractivity contribution in [3.05, 3.63) is 23.9 Å². The number of nitrogens with zero attached hydrogens (tertiary/aromatic N) is 2. The Labute approximate surface area is 120 Å². The molecule has 0 aliphatic heterocycles. The molecule has 0 radical (unpaired) electrons. The van der Waals surface area contributed by atoms with Crippen LogP contribution in [0.5, 0.6) is 5.75 Å². The van der Waals surface area contributed by atoms with Gasteiger partial charge in [0.25, 0.3) is 0 Å². The molecule has 1 saturated carbocycles. The number of rotatable bonds is 3. The first-order valence-corrected chi connectivity index (χ1v) is 7.41. The minimum absolute atomic E-state index is 0.333. The fourth-order valence-electron chi connectivity index (χ4n) is 3.14. The number of aromatic amines is 1. The van der Waals surface area contributed by atoms with Crippen LogP contribution in [-0.2, 0) is 0 Å². The Morgan fingerprint density at radius 1 is 1.30 bits per heavy atom.